The van der Waals surface area contributed by atoms with Gasteiger partial charge < -0.3 is 5.32 Å². The van der Waals surface area contributed by atoms with Gasteiger partial charge in [-0.15, -0.1) is 12.6 Å². The molecule has 0 atom stereocenters. The smallest absolute Gasteiger partial charge is 0.0802 e. The topological polar surface area (TPSA) is 24.4 Å². The normalized spacial score (nSPS) is 20.8. The molecule has 0 saturated carbocycles. The molecule has 62 valence electrons. The van der Waals surface area contributed by atoms with Crippen molar-refractivity contribution in [3.63, 3.8) is 0 Å². The Bertz CT molecular complexity index is 206. The summed E-state index contributed by atoms with van der Waals surface area (Å²) in [5.41, 5.74) is 1.10. The summed E-state index contributed by atoms with van der Waals surface area (Å²) in [4.78, 5) is 5.36. The largest absolute Gasteiger partial charge is 0.312 e. The highest BCUT2D eigenvalue weighted by atomic mass is 79.9. The van der Waals surface area contributed by atoms with Gasteiger partial charge in [-0.25, -0.2) is 4.99 Å². The lowest BCUT2D eigenvalue weighted by molar-refractivity contribution is 0.693. The molecule has 1 rings (SSSR count). The summed E-state index contributed by atoms with van der Waals surface area (Å²) >= 11 is 7.62. The van der Waals surface area contributed by atoms with Gasteiger partial charge in [0.2, 0.25) is 0 Å². The SMILES string of the molecule is CC(Br)=NC1=C(S)CNCC1. The van der Waals surface area contributed by atoms with Crippen molar-refractivity contribution in [3.05, 3.63) is 10.6 Å². The van der Waals surface area contributed by atoms with Gasteiger partial charge in [0.05, 0.1) is 10.3 Å². The van der Waals surface area contributed by atoms with E-state index >= 15 is 0 Å². The molecule has 0 saturated heterocycles. The zero-order valence-electron chi connectivity index (χ0n) is 6.39. The maximum atomic E-state index is 4.32. The summed E-state index contributed by atoms with van der Waals surface area (Å²) in [5.74, 6) is 0. The minimum absolute atomic E-state index is 0.849. The number of hydrogen-bond acceptors (Lipinski definition) is 3. The number of halogens is 1. The lowest BCUT2D eigenvalue weighted by atomic mass is 10.2. The average Bonchev–Trinajstić information content (AvgIpc) is 1.93. The van der Waals surface area contributed by atoms with Crippen molar-refractivity contribution in [2.45, 2.75) is 13.3 Å². The lowest BCUT2D eigenvalue weighted by Crippen LogP contribution is -2.22. The Hall–Kier alpha value is 0.200. The summed E-state index contributed by atoms with van der Waals surface area (Å²) in [6.07, 6.45) is 0.974. The molecule has 1 N–H and O–H groups in total. The Morgan fingerprint density at radius 3 is 3.00 bits per heavy atom. The molecule has 0 spiro atoms. The Labute approximate surface area is 80.7 Å². The number of aliphatic imine (C=N–C) groups is 1. The van der Waals surface area contributed by atoms with Crippen LogP contribution >= 0.6 is 28.6 Å². The molecule has 0 bridgehead atoms. The van der Waals surface area contributed by atoms with Crippen LogP contribution in [0.25, 0.3) is 0 Å². The minimum atomic E-state index is 0.849. The third-order valence-electron chi connectivity index (χ3n) is 1.45. The Balaban J connectivity index is 2.75. The van der Waals surface area contributed by atoms with E-state index in [0.29, 0.717) is 0 Å². The Morgan fingerprint density at radius 1 is 1.73 bits per heavy atom. The monoisotopic (exact) mass is 234 g/mol. The van der Waals surface area contributed by atoms with E-state index in [1.165, 1.54) is 0 Å². The summed E-state index contributed by atoms with van der Waals surface area (Å²) in [5, 5.41) is 3.22. The summed E-state index contributed by atoms with van der Waals surface area (Å²) in [6.45, 7) is 3.78. The molecule has 4 heteroatoms. The van der Waals surface area contributed by atoms with E-state index in [4.69, 9.17) is 0 Å². The molecule has 1 heterocycles. The third-order valence-corrected chi connectivity index (χ3v) is 2.05. The fourth-order valence-corrected chi connectivity index (χ4v) is 1.45. The quantitative estimate of drug-likeness (QED) is 0.526. The number of hydrogen-bond donors (Lipinski definition) is 2. The number of thiol groups is 1. The first kappa shape index (κ1) is 9.29. The highest BCUT2D eigenvalue weighted by molar-refractivity contribution is 9.18. The molecular formula is C7H11BrN2S. The molecule has 0 amide bonds. The Kier molecular flexibility index (Phi) is 3.62. The highest BCUT2D eigenvalue weighted by Gasteiger charge is 2.07. The first-order valence-electron chi connectivity index (χ1n) is 3.52. The van der Waals surface area contributed by atoms with E-state index in [9.17, 15) is 0 Å². The lowest BCUT2D eigenvalue weighted by Gasteiger charge is -2.14. The molecule has 0 aromatic rings. The number of nitrogens with zero attached hydrogens (tertiary/aromatic N) is 1. The predicted molar refractivity (Wildman–Crippen MR) is 55.5 cm³/mol. The van der Waals surface area contributed by atoms with Gasteiger partial charge in [0.15, 0.2) is 0 Å². The van der Waals surface area contributed by atoms with Gasteiger partial charge in [0.25, 0.3) is 0 Å². The van der Waals surface area contributed by atoms with Gasteiger partial charge in [0.1, 0.15) is 0 Å². The van der Waals surface area contributed by atoms with E-state index in [1.54, 1.807) is 0 Å². The van der Waals surface area contributed by atoms with Crippen LogP contribution in [0.1, 0.15) is 13.3 Å². The predicted octanol–water partition coefficient (Wildman–Crippen LogP) is 1.93. The van der Waals surface area contributed by atoms with Crippen molar-refractivity contribution in [3.8, 4) is 0 Å². The average molecular weight is 235 g/mol. The molecule has 0 aromatic heterocycles. The molecule has 1 aliphatic rings. The summed E-state index contributed by atoms with van der Waals surface area (Å²) in [6, 6.07) is 0. The van der Waals surface area contributed by atoms with Gasteiger partial charge in [-0.2, -0.15) is 0 Å². The molecule has 0 aromatic carbocycles. The van der Waals surface area contributed by atoms with E-state index in [1.807, 2.05) is 6.92 Å². The molecule has 0 fully saturated rings. The Morgan fingerprint density at radius 2 is 2.45 bits per heavy atom. The van der Waals surface area contributed by atoms with Crippen LogP contribution in [0, 0.1) is 0 Å². The maximum Gasteiger partial charge on any atom is 0.0802 e. The summed E-state index contributed by atoms with van der Waals surface area (Å²) < 4.78 is 0.918. The van der Waals surface area contributed by atoms with Gasteiger partial charge in [-0.05, 0) is 22.9 Å². The molecule has 0 unspecified atom stereocenters. The molecule has 2 nitrogen and oxygen atoms in total. The van der Waals surface area contributed by atoms with E-state index in [0.717, 1.165) is 34.7 Å². The van der Waals surface area contributed by atoms with Gasteiger partial charge in [-0.3, -0.25) is 0 Å². The zero-order chi connectivity index (χ0) is 8.27. The van der Waals surface area contributed by atoms with Crippen LogP contribution in [0.3, 0.4) is 0 Å². The fraction of sp³-hybridized carbons (Fsp3) is 0.571. The maximum absolute atomic E-state index is 4.32. The molecular weight excluding hydrogens is 224 g/mol. The van der Waals surface area contributed by atoms with Gasteiger partial charge in [0, 0.05) is 24.4 Å². The van der Waals surface area contributed by atoms with Gasteiger partial charge in [-0.1, -0.05) is 0 Å². The number of nitrogens with one attached hydrogen (secondary N) is 1. The van der Waals surface area contributed by atoms with Crippen LogP contribution in [0.4, 0.5) is 0 Å². The van der Waals surface area contributed by atoms with Crippen molar-refractivity contribution < 1.29 is 0 Å². The van der Waals surface area contributed by atoms with Gasteiger partial charge >= 0.3 is 0 Å². The molecule has 11 heavy (non-hydrogen) atoms. The van der Waals surface area contributed by atoms with Crippen molar-refractivity contribution in [1.29, 1.82) is 0 Å². The van der Waals surface area contributed by atoms with Crippen molar-refractivity contribution in [2.24, 2.45) is 4.99 Å². The third kappa shape index (κ3) is 2.97. The van der Waals surface area contributed by atoms with Crippen LogP contribution < -0.4 is 5.32 Å². The number of rotatable bonds is 1. The van der Waals surface area contributed by atoms with Crippen molar-refractivity contribution >= 4 is 33.2 Å². The van der Waals surface area contributed by atoms with Crippen LogP contribution in [0.2, 0.25) is 0 Å². The van der Waals surface area contributed by atoms with Crippen LogP contribution in [0.5, 0.6) is 0 Å². The zero-order valence-corrected chi connectivity index (χ0v) is 8.87. The van der Waals surface area contributed by atoms with Crippen molar-refractivity contribution in [2.75, 3.05) is 13.1 Å². The van der Waals surface area contributed by atoms with E-state index in [2.05, 4.69) is 38.9 Å². The minimum Gasteiger partial charge on any atom is -0.312 e. The first-order valence-corrected chi connectivity index (χ1v) is 4.76. The van der Waals surface area contributed by atoms with E-state index in [-0.39, 0.29) is 0 Å². The molecule has 0 radical (unpaired) electrons. The first-order chi connectivity index (χ1) is 5.20. The second kappa shape index (κ2) is 4.28. The standard InChI is InChI=1S/C7H11BrN2S/c1-5(8)10-6-2-3-9-4-7(6)11/h9,11H,2-4H2,1H3. The van der Waals surface area contributed by atoms with Crippen LogP contribution in [0.15, 0.2) is 15.6 Å². The second-order valence-corrected chi connectivity index (χ2v) is 4.12. The van der Waals surface area contributed by atoms with Crippen LogP contribution in [-0.2, 0) is 0 Å². The molecule has 0 aliphatic carbocycles. The fourth-order valence-electron chi connectivity index (χ4n) is 0.966. The van der Waals surface area contributed by atoms with Crippen LogP contribution in [-0.4, -0.2) is 17.7 Å². The van der Waals surface area contributed by atoms with E-state index < -0.39 is 0 Å². The second-order valence-electron chi connectivity index (χ2n) is 2.43. The highest BCUT2D eigenvalue weighted by Crippen LogP contribution is 2.17. The van der Waals surface area contributed by atoms with Crippen molar-refractivity contribution in [1.82, 2.24) is 5.32 Å². The summed E-state index contributed by atoms with van der Waals surface area (Å²) in [7, 11) is 0. The molecule has 1 aliphatic heterocycles.